The van der Waals surface area contributed by atoms with Gasteiger partial charge in [-0.05, 0) is 30.5 Å². The summed E-state index contributed by atoms with van der Waals surface area (Å²) in [6.45, 7) is 11.9. The van der Waals surface area contributed by atoms with Gasteiger partial charge in [-0.15, -0.1) is 0 Å². The number of nitrogens with one attached hydrogen (secondary N) is 1. The van der Waals surface area contributed by atoms with Crippen molar-refractivity contribution in [3.05, 3.63) is 35.6 Å². The Hall–Kier alpha value is -1.46. The Kier molecular flexibility index (Phi) is 6.54. The summed E-state index contributed by atoms with van der Waals surface area (Å²) in [5.41, 5.74) is 0.911. The standard InChI is InChI=1S/C18H28FN3O/c1-14(2)13-21-8-10-22(11-9-21)15(3)18(23)20-12-16-4-6-17(19)7-5-16/h4-7,14-15H,8-13H2,1-3H3,(H,20,23). The molecule has 1 aliphatic rings. The van der Waals surface area contributed by atoms with Gasteiger partial charge in [0.25, 0.3) is 0 Å². The number of halogens is 1. The van der Waals surface area contributed by atoms with Gasteiger partial charge in [-0.3, -0.25) is 9.69 Å². The second-order valence-corrected chi connectivity index (χ2v) is 6.75. The fraction of sp³-hybridized carbons (Fsp3) is 0.611. The zero-order chi connectivity index (χ0) is 16.8. The predicted molar refractivity (Wildman–Crippen MR) is 90.6 cm³/mol. The van der Waals surface area contributed by atoms with Crippen molar-refractivity contribution in [2.45, 2.75) is 33.4 Å². The summed E-state index contributed by atoms with van der Waals surface area (Å²) in [6.07, 6.45) is 0. The van der Waals surface area contributed by atoms with E-state index in [1.54, 1.807) is 12.1 Å². The van der Waals surface area contributed by atoms with Crippen molar-refractivity contribution in [3.8, 4) is 0 Å². The van der Waals surface area contributed by atoms with Crippen LogP contribution >= 0.6 is 0 Å². The number of hydrogen-bond acceptors (Lipinski definition) is 3. The van der Waals surface area contributed by atoms with Crippen LogP contribution in [0.15, 0.2) is 24.3 Å². The minimum absolute atomic E-state index is 0.0339. The molecule has 0 spiro atoms. The first-order valence-electron chi connectivity index (χ1n) is 8.44. The van der Waals surface area contributed by atoms with Crippen LogP contribution in [0.25, 0.3) is 0 Å². The van der Waals surface area contributed by atoms with Crippen LogP contribution in [0.5, 0.6) is 0 Å². The van der Waals surface area contributed by atoms with Gasteiger partial charge in [0.1, 0.15) is 5.82 Å². The van der Waals surface area contributed by atoms with Gasteiger partial charge in [0.05, 0.1) is 6.04 Å². The maximum Gasteiger partial charge on any atom is 0.237 e. The molecule has 0 bridgehead atoms. The lowest BCUT2D eigenvalue weighted by Gasteiger charge is -2.38. The number of benzene rings is 1. The fourth-order valence-electron chi connectivity index (χ4n) is 2.95. The average molecular weight is 321 g/mol. The number of piperazine rings is 1. The Bertz CT molecular complexity index is 495. The SMILES string of the molecule is CC(C)CN1CCN(C(C)C(=O)NCc2ccc(F)cc2)CC1. The van der Waals surface area contributed by atoms with Crippen LogP contribution in [0.4, 0.5) is 4.39 Å². The Morgan fingerprint density at radius 1 is 1.13 bits per heavy atom. The van der Waals surface area contributed by atoms with E-state index in [2.05, 4.69) is 29.0 Å². The molecule has 1 saturated heterocycles. The monoisotopic (exact) mass is 321 g/mol. The fourth-order valence-corrected chi connectivity index (χ4v) is 2.95. The number of nitrogens with zero attached hydrogens (tertiary/aromatic N) is 2. The Balaban J connectivity index is 1.75. The van der Waals surface area contributed by atoms with Crippen molar-refractivity contribution >= 4 is 5.91 Å². The Labute approximate surface area is 138 Å². The second-order valence-electron chi connectivity index (χ2n) is 6.75. The molecule has 0 radical (unpaired) electrons. The lowest BCUT2D eigenvalue weighted by atomic mass is 10.1. The van der Waals surface area contributed by atoms with E-state index >= 15 is 0 Å². The molecule has 1 N–H and O–H groups in total. The van der Waals surface area contributed by atoms with Gasteiger partial charge < -0.3 is 10.2 Å². The summed E-state index contributed by atoms with van der Waals surface area (Å²) in [7, 11) is 0. The Morgan fingerprint density at radius 3 is 2.30 bits per heavy atom. The van der Waals surface area contributed by atoms with Crippen molar-refractivity contribution in [2.24, 2.45) is 5.92 Å². The van der Waals surface area contributed by atoms with Gasteiger partial charge in [0.2, 0.25) is 5.91 Å². The smallest absolute Gasteiger partial charge is 0.237 e. The van der Waals surface area contributed by atoms with E-state index in [1.165, 1.54) is 12.1 Å². The zero-order valence-electron chi connectivity index (χ0n) is 14.4. The molecule has 4 nitrogen and oxygen atoms in total. The molecule has 0 aliphatic carbocycles. The summed E-state index contributed by atoms with van der Waals surface area (Å²) in [5, 5.41) is 2.94. The molecule has 1 amide bonds. The van der Waals surface area contributed by atoms with Crippen molar-refractivity contribution < 1.29 is 9.18 Å². The van der Waals surface area contributed by atoms with Crippen molar-refractivity contribution in [1.29, 1.82) is 0 Å². The van der Waals surface area contributed by atoms with Crippen LogP contribution in [0, 0.1) is 11.7 Å². The highest BCUT2D eigenvalue weighted by atomic mass is 19.1. The largest absolute Gasteiger partial charge is 0.351 e. The third-order valence-corrected chi connectivity index (χ3v) is 4.34. The van der Waals surface area contributed by atoms with Gasteiger partial charge in [-0.1, -0.05) is 26.0 Å². The highest BCUT2D eigenvalue weighted by Gasteiger charge is 2.25. The quantitative estimate of drug-likeness (QED) is 0.872. The molecule has 1 fully saturated rings. The Morgan fingerprint density at radius 2 is 1.74 bits per heavy atom. The van der Waals surface area contributed by atoms with Crippen LogP contribution in [-0.4, -0.2) is 54.5 Å². The van der Waals surface area contributed by atoms with Gasteiger partial charge in [0.15, 0.2) is 0 Å². The predicted octanol–water partition coefficient (Wildman–Crippen LogP) is 2.10. The number of hydrogen-bond donors (Lipinski definition) is 1. The van der Waals surface area contributed by atoms with Crippen LogP contribution in [0.2, 0.25) is 0 Å². The first kappa shape index (κ1) is 17.9. The van der Waals surface area contributed by atoms with E-state index in [9.17, 15) is 9.18 Å². The van der Waals surface area contributed by atoms with Gasteiger partial charge in [-0.25, -0.2) is 4.39 Å². The van der Waals surface area contributed by atoms with Crippen LogP contribution < -0.4 is 5.32 Å². The summed E-state index contributed by atoms with van der Waals surface area (Å²) in [4.78, 5) is 17.0. The molecule has 1 aliphatic heterocycles. The minimum atomic E-state index is -0.257. The minimum Gasteiger partial charge on any atom is -0.351 e. The second kappa shape index (κ2) is 8.41. The number of carbonyl (C=O) groups is 1. The molecule has 5 heteroatoms. The lowest BCUT2D eigenvalue weighted by molar-refractivity contribution is -0.126. The van der Waals surface area contributed by atoms with Crippen molar-refractivity contribution in [2.75, 3.05) is 32.7 Å². The molecule has 0 saturated carbocycles. The zero-order valence-corrected chi connectivity index (χ0v) is 14.4. The number of carbonyl (C=O) groups excluding carboxylic acids is 1. The molecule has 1 heterocycles. The van der Waals surface area contributed by atoms with Gasteiger partial charge in [-0.2, -0.15) is 0 Å². The lowest BCUT2D eigenvalue weighted by Crippen LogP contribution is -2.54. The first-order valence-corrected chi connectivity index (χ1v) is 8.44. The van der Waals surface area contributed by atoms with E-state index in [0.29, 0.717) is 12.5 Å². The molecule has 1 atom stereocenters. The van der Waals surface area contributed by atoms with E-state index in [4.69, 9.17) is 0 Å². The maximum atomic E-state index is 12.9. The molecule has 1 aromatic rings. The molecule has 23 heavy (non-hydrogen) atoms. The average Bonchev–Trinajstić information content (AvgIpc) is 2.53. The van der Waals surface area contributed by atoms with Crippen LogP contribution in [-0.2, 0) is 11.3 Å². The molecule has 128 valence electrons. The van der Waals surface area contributed by atoms with Crippen LogP contribution in [0.1, 0.15) is 26.3 Å². The summed E-state index contributed by atoms with van der Waals surface area (Å²) in [6, 6.07) is 6.10. The van der Waals surface area contributed by atoms with Gasteiger partial charge >= 0.3 is 0 Å². The summed E-state index contributed by atoms with van der Waals surface area (Å²) >= 11 is 0. The molecular formula is C18H28FN3O. The van der Waals surface area contributed by atoms with E-state index in [-0.39, 0.29) is 17.8 Å². The highest BCUT2D eigenvalue weighted by molar-refractivity contribution is 5.81. The van der Waals surface area contributed by atoms with E-state index in [1.807, 2.05) is 6.92 Å². The highest BCUT2D eigenvalue weighted by Crippen LogP contribution is 2.09. The van der Waals surface area contributed by atoms with Gasteiger partial charge in [0, 0.05) is 39.3 Å². The van der Waals surface area contributed by atoms with Crippen LogP contribution in [0.3, 0.4) is 0 Å². The van der Waals surface area contributed by atoms with Crippen molar-refractivity contribution in [1.82, 2.24) is 15.1 Å². The normalized spacial score (nSPS) is 18.1. The topological polar surface area (TPSA) is 35.6 Å². The first-order chi connectivity index (χ1) is 11.0. The third-order valence-electron chi connectivity index (χ3n) is 4.34. The molecule has 1 aromatic carbocycles. The third kappa shape index (κ3) is 5.59. The number of rotatable bonds is 6. The van der Waals surface area contributed by atoms with E-state index < -0.39 is 0 Å². The maximum absolute atomic E-state index is 12.9. The molecule has 2 rings (SSSR count). The van der Waals surface area contributed by atoms with E-state index in [0.717, 1.165) is 38.3 Å². The molecular weight excluding hydrogens is 293 g/mol. The van der Waals surface area contributed by atoms with Crippen molar-refractivity contribution in [3.63, 3.8) is 0 Å². The molecule has 1 unspecified atom stereocenters. The molecule has 0 aromatic heterocycles. The number of amides is 1. The summed E-state index contributed by atoms with van der Waals surface area (Å²) < 4.78 is 12.9. The summed E-state index contributed by atoms with van der Waals surface area (Å²) in [5.74, 6) is 0.456.